The van der Waals surface area contributed by atoms with Gasteiger partial charge in [-0.25, -0.2) is 0 Å². The van der Waals surface area contributed by atoms with Crippen LogP contribution >= 0.6 is 0 Å². The zero-order chi connectivity index (χ0) is 15.1. The molecule has 0 aliphatic rings. The number of hydrogen-bond donors (Lipinski definition) is 0. The van der Waals surface area contributed by atoms with Gasteiger partial charge < -0.3 is 0 Å². The molecule has 0 N–H and O–H groups in total. The Bertz CT molecular complexity index is 204. The van der Waals surface area contributed by atoms with Crippen LogP contribution in [-0.4, -0.2) is 0 Å². The van der Waals surface area contributed by atoms with Crippen molar-refractivity contribution in [1.82, 2.24) is 0 Å². The number of hydrogen-bond acceptors (Lipinski definition) is 0. The average Bonchev–Trinajstić information content (AvgIpc) is 2.47. The van der Waals surface area contributed by atoms with Crippen molar-refractivity contribution in [2.24, 2.45) is 11.8 Å². The Kier molecular flexibility index (Phi) is 14.9. The summed E-state index contributed by atoms with van der Waals surface area (Å²) in [5, 5.41) is 0. The van der Waals surface area contributed by atoms with Crippen LogP contribution in [-0.2, 0) is 0 Å². The fourth-order valence-electron chi connectivity index (χ4n) is 3.07. The molecular weight excluding hydrogens is 240 g/mol. The zero-order valence-electron chi connectivity index (χ0n) is 14.8. The lowest BCUT2D eigenvalue weighted by Gasteiger charge is -2.23. The summed E-state index contributed by atoms with van der Waals surface area (Å²) in [6, 6.07) is 0. The summed E-state index contributed by atoms with van der Waals surface area (Å²) < 4.78 is 0. The molecule has 0 heteroatoms. The topological polar surface area (TPSA) is 0 Å². The van der Waals surface area contributed by atoms with Gasteiger partial charge in [-0.05, 0) is 31.6 Å². The molecule has 0 bridgehead atoms. The van der Waals surface area contributed by atoms with E-state index >= 15 is 0 Å². The standard InChI is InChI=1S/C20H40/c1-5-8-10-12-14-16-18-20(19(4)7-3)17-15-13-11-9-6-2/h6,9,19-20H,5,7-8,10-18H2,1-4H3. The van der Waals surface area contributed by atoms with Gasteiger partial charge in [-0.1, -0.05) is 97.1 Å². The zero-order valence-corrected chi connectivity index (χ0v) is 14.8. The smallest absolute Gasteiger partial charge is 0.0351 e. The van der Waals surface area contributed by atoms with Gasteiger partial charge in [0.2, 0.25) is 0 Å². The molecule has 0 fully saturated rings. The van der Waals surface area contributed by atoms with Crippen molar-refractivity contribution >= 4 is 0 Å². The minimum Gasteiger partial charge on any atom is -0.0917 e. The van der Waals surface area contributed by atoms with E-state index in [1.54, 1.807) is 0 Å². The van der Waals surface area contributed by atoms with Crippen LogP contribution in [0, 0.1) is 11.8 Å². The lowest BCUT2D eigenvalue weighted by atomic mass is 9.83. The molecule has 0 aliphatic heterocycles. The van der Waals surface area contributed by atoms with E-state index in [4.69, 9.17) is 0 Å². The summed E-state index contributed by atoms with van der Waals surface area (Å²) in [5.74, 6) is 1.91. The highest BCUT2D eigenvalue weighted by molar-refractivity contribution is 4.76. The second kappa shape index (κ2) is 15.1. The lowest BCUT2D eigenvalue weighted by Crippen LogP contribution is -2.11. The Hall–Kier alpha value is -0.260. The molecule has 120 valence electrons. The number of unbranched alkanes of at least 4 members (excludes halogenated alkanes) is 7. The first-order chi connectivity index (χ1) is 9.76. The monoisotopic (exact) mass is 280 g/mol. The SMILES string of the molecule is CC=CCCCCC(CCCCCCCC)C(C)CC. The molecule has 0 saturated heterocycles. The maximum Gasteiger partial charge on any atom is -0.0351 e. The summed E-state index contributed by atoms with van der Waals surface area (Å²) >= 11 is 0. The van der Waals surface area contributed by atoms with Crippen molar-refractivity contribution < 1.29 is 0 Å². The van der Waals surface area contributed by atoms with Crippen LogP contribution in [0.3, 0.4) is 0 Å². The first kappa shape index (κ1) is 19.7. The highest BCUT2D eigenvalue weighted by Gasteiger charge is 2.14. The van der Waals surface area contributed by atoms with Crippen molar-refractivity contribution in [1.29, 1.82) is 0 Å². The predicted octanol–water partition coefficient (Wildman–Crippen LogP) is 7.54. The van der Waals surface area contributed by atoms with Gasteiger partial charge >= 0.3 is 0 Å². The van der Waals surface area contributed by atoms with Crippen molar-refractivity contribution in [3.8, 4) is 0 Å². The molecule has 0 aromatic carbocycles. The summed E-state index contributed by atoms with van der Waals surface area (Å²) in [7, 11) is 0. The third kappa shape index (κ3) is 11.6. The quantitative estimate of drug-likeness (QED) is 0.228. The third-order valence-corrected chi connectivity index (χ3v) is 4.81. The summed E-state index contributed by atoms with van der Waals surface area (Å²) in [4.78, 5) is 0. The van der Waals surface area contributed by atoms with E-state index < -0.39 is 0 Å². The fourth-order valence-corrected chi connectivity index (χ4v) is 3.07. The van der Waals surface area contributed by atoms with Gasteiger partial charge in [0.05, 0.1) is 0 Å². The molecule has 0 heterocycles. The van der Waals surface area contributed by atoms with Gasteiger partial charge in [0.25, 0.3) is 0 Å². The maximum atomic E-state index is 2.47. The normalized spacial score (nSPS) is 14.8. The van der Waals surface area contributed by atoms with Crippen molar-refractivity contribution in [3.05, 3.63) is 12.2 Å². The van der Waals surface area contributed by atoms with E-state index in [1.165, 1.54) is 77.0 Å². The fraction of sp³-hybridized carbons (Fsp3) is 0.900. The lowest BCUT2D eigenvalue weighted by molar-refractivity contribution is 0.289. The summed E-state index contributed by atoms with van der Waals surface area (Å²) in [5.41, 5.74) is 0. The second-order valence-corrected chi connectivity index (χ2v) is 6.56. The predicted molar refractivity (Wildman–Crippen MR) is 94.2 cm³/mol. The minimum absolute atomic E-state index is 0.923. The first-order valence-corrected chi connectivity index (χ1v) is 9.37. The van der Waals surface area contributed by atoms with Crippen molar-refractivity contribution in [2.75, 3.05) is 0 Å². The molecule has 20 heavy (non-hydrogen) atoms. The Labute approximate surface area is 129 Å². The molecule has 0 aliphatic carbocycles. The van der Waals surface area contributed by atoms with Crippen LogP contribution in [0.4, 0.5) is 0 Å². The molecular formula is C20H40. The van der Waals surface area contributed by atoms with Crippen LogP contribution in [0.15, 0.2) is 12.2 Å². The molecule has 2 atom stereocenters. The highest BCUT2D eigenvalue weighted by atomic mass is 14.2. The molecule has 0 rings (SSSR count). The molecule has 0 nitrogen and oxygen atoms in total. The maximum absolute atomic E-state index is 2.47. The van der Waals surface area contributed by atoms with Crippen LogP contribution in [0.5, 0.6) is 0 Å². The molecule has 0 aromatic rings. The van der Waals surface area contributed by atoms with E-state index in [1.807, 2.05) is 0 Å². The van der Waals surface area contributed by atoms with Crippen LogP contribution in [0.25, 0.3) is 0 Å². The van der Waals surface area contributed by atoms with Gasteiger partial charge in [0, 0.05) is 0 Å². The van der Waals surface area contributed by atoms with Gasteiger partial charge in [-0.3, -0.25) is 0 Å². The van der Waals surface area contributed by atoms with E-state index in [-0.39, 0.29) is 0 Å². The first-order valence-electron chi connectivity index (χ1n) is 9.37. The number of allylic oxidation sites excluding steroid dienone is 2. The van der Waals surface area contributed by atoms with Gasteiger partial charge in [-0.15, -0.1) is 0 Å². The van der Waals surface area contributed by atoms with Gasteiger partial charge in [-0.2, -0.15) is 0 Å². The number of rotatable bonds is 14. The summed E-state index contributed by atoms with van der Waals surface area (Å²) in [6.45, 7) is 9.25. The van der Waals surface area contributed by atoms with Crippen molar-refractivity contribution in [3.63, 3.8) is 0 Å². The third-order valence-electron chi connectivity index (χ3n) is 4.81. The molecule has 0 spiro atoms. The van der Waals surface area contributed by atoms with E-state index in [9.17, 15) is 0 Å². The molecule has 0 aromatic heterocycles. The molecule has 0 amide bonds. The van der Waals surface area contributed by atoms with Crippen molar-refractivity contribution in [2.45, 2.75) is 105 Å². The van der Waals surface area contributed by atoms with Gasteiger partial charge in [0.1, 0.15) is 0 Å². The Morgan fingerprint density at radius 2 is 1.40 bits per heavy atom. The Morgan fingerprint density at radius 1 is 0.800 bits per heavy atom. The van der Waals surface area contributed by atoms with Crippen LogP contribution in [0.1, 0.15) is 105 Å². The minimum atomic E-state index is 0.923. The van der Waals surface area contributed by atoms with E-state index in [0.717, 1.165) is 11.8 Å². The van der Waals surface area contributed by atoms with Gasteiger partial charge in [0.15, 0.2) is 0 Å². The molecule has 0 radical (unpaired) electrons. The highest BCUT2D eigenvalue weighted by Crippen LogP contribution is 2.27. The molecule has 0 saturated carbocycles. The van der Waals surface area contributed by atoms with E-state index in [2.05, 4.69) is 39.8 Å². The average molecular weight is 281 g/mol. The van der Waals surface area contributed by atoms with E-state index in [0.29, 0.717) is 0 Å². The molecule has 2 unspecified atom stereocenters. The van der Waals surface area contributed by atoms with Crippen LogP contribution in [0.2, 0.25) is 0 Å². The largest absolute Gasteiger partial charge is 0.0917 e. The Balaban J connectivity index is 3.73. The summed E-state index contributed by atoms with van der Waals surface area (Å²) in [6.07, 6.45) is 21.5. The second-order valence-electron chi connectivity index (χ2n) is 6.56. The van der Waals surface area contributed by atoms with Crippen LogP contribution < -0.4 is 0 Å². The Morgan fingerprint density at radius 3 is 2.00 bits per heavy atom.